The van der Waals surface area contributed by atoms with Crippen molar-refractivity contribution in [1.82, 2.24) is 9.55 Å². The van der Waals surface area contributed by atoms with Crippen molar-refractivity contribution in [2.24, 2.45) is 0 Å². The van der Waals surface area contributed by atoms with E-state index >= 15 is 0 Å². The highest BCUT2D eigenvalue weighted by Gasteiger charge is 2.06. The summed E-state index contributed by atoms with van der Waals surface area (Å²) in [5.41, 5.74) is 2.44. The Balaban J connectivity index is 2.57. The topological polar surface area (TPSA) is 17.8 Å². The lowest BCUT2D eigenvalue weighted by molar-refractivity contribution is 0.950. The van der Waals surface area contributed by atoms with Gasteiger partial charge in [0.1, 0.15) is 0 Å². The Hall–Kier alpha value is -0.610. The molecule has 0 N–H and O–H groups in total. The molecule has 2 aromatic heterocycles. The fourth-order valence-electron chi connectivity index (χ4n) is 1.32. The maximum atomic E-state index is 4.31. The summed E-state index contributed by atoms with van der Waals surface area (Å²) in [4.78, 5) is 4.31. The first-order valence-corrected chi connectivity index (χ1v) is 5.56. The molecule has 2 rings (SSSR count). The van der Waals surface area contributed by atoms with Crippen LogP contribution in [0.1, 0.15) is 11.4 Å². The molecule has 0 saturated heterocycles. The van der Waals surface area contributed by atoms with Crippen molar-refractivity contribution < 1.29 is 0 Å². The van der Waals surface area contributed by atoms with Gasteiger partial charge in [-0.25, -0.2) is 4.98 Å². The van der Waals surface area contributed by atoms with Gasteiger partial charge in [0.2, 0.25) is 0 Å². The normalized spacial score (nSPS) is 10.7. The van der Waals surface area contributed by atoms with Crippen LogP contribution in [0.5, 0.6) is 0 Å². The van der Waals surface area contributed by atoms with Gasteiger partial charge in [0.25, 0.3) is 0 Å². The van der Waals surface area contributed by atoms with Crippen LogP contribution in [0.2, 0.25) is 0 Å². The highest BCUT2D eigenvalue weighted by molar-refractivity contribution is 9.11. The van der Waals surface area contributed by atoms with Crippen molar-refractivity contribution in [2.75, 3.05) is 0 Å². The summed E-state index contributed by atoms with van der Waals surface area (Å²) in [5.74, 6) is 0. The first kappa shape index (κ1) is 8.97. The number of nitrogens with zero attached hydrogens (tertiary/aromatic N) is 2. The van der Waals surface area contributed by atoms with E-state index in [-0.39, 0.29) is 0 Å². The van der Waals surface area contributed by atoms with Crippen molar-refractivity contribution in [3.05, 3.63) is 33.5 Å². The Bertz CT molecular complexity index is 411. The summed E-state index contributed by atoms with van der Waals surface area (Å²) < 4.78 is 3.21. The number of hydrogen-bond acceptors (Lipinski definition) is 2. The monoisotopic (exact) mass is 256 g/mol. The minimum atomic E-state index is 1.02. The van der Waals surface area contributed by atoms with Crippen LogP contribution in [0.15, 0.2) is 22.1 Å². The van der Waals surface area contributed by atoms with E-state index in [0.717, 1.165) is 8.92 Å². The standard InChI is InChI=1S/C9H9BrN2S/c1-6-3-4-7(2)12(6)9-11-5-8(10)13-9/h3-5H,1-2H3. The maximum Gasteiger partial charge on any atom is 0.195 e. The predicted octanol–water partition coefficient (Wildman–Crippen LogP) is 3.31. The minimum absolute atomic E-state index is 1.02. The van der Waals surface area contributed by atoms with Gasteiger partial charge in [0, 0.05) is 11.4 Å². The minimum Gasteiger partial charge on any atom is -0.295 e. The van der Waals surface area contributed by atoms with E-state index in [0.29, 0.717) is 0 Å². The summed E-state index contributed by atoms with van der Waals surface area (Å²) in [7, 11) is 0. The molecule has 0 aliphatic carbocycles. The average molecular weight is 257 g/mol. The summed E-state index contributed by atoms with van der Waals surface area (Å²) in [5, 5.41) is 1.02. The predicted molar refractivity (Wildman–Crippen MR) is 58.6 cm³/mol. The van der Waals surface area contributed by atoms with Gasteiger partial charge in [-0.15, -0.1) is 0 Å². The Labute approximate surface area is 89.4 Å². The fourth-order valence-corrected chi connectivity index (χ4v) is 2.62. The highest BCUT2D eigenvalue weighted by Crippen LogP contribution is 2.24. The van der Waals surface area contributed by atoms with Gasteiger partial charge in [-0.1, -0.05) is 11.3 Å². The molecular weight excluding hydrogens is 248 g/mol. The molecule has 68 valence electrons. The van der Waals surface area contributed by atoms with Gasteiger partial charge in [-0.05, 0) is 41.9 Å². The van der Waals surface area contributed by atoms with Crippen LogP contribution in [0.25, 0.3) is 5.13 Å². The summed E-state index contributed by atoms with van der Waals surface area (Å²) in [6, 6.07) is 4.20. The Morgan fingerprint density at radius 3 is 2.38 bits per heavy atom. The number of halogens is 1. The molecule has 0 unspecified atom stereocenters. The van der Waals surface area contributed by atoms with Gasteiger partial charge in [-0.3, -0.25) is 4.57 Å². The molecule has 4 heteroatoms. The summed E-state index contributed by atoms with van der Waals surface area (Å²) in [6.07, 6.45) is 1.83. The molecule has 0 bridgehead atoms. The van der Waals surface area contributed by atoms with E-state index in [1.807, 2.05) is 6.20 Å². The third kappa shape index (κ3) is 1.56. The molecule has 0 amide bonds. The van der Waals surface area contributed by atoms with Gasteiger partial charge in [0.15, 0.2) is 5.13 Å². The third-order valence-corrected chi connectivity index (χ3v) is 3.39. The van der Waals surface area contributed by atoms with E-state index < -0.39 is 0 Å². The quantitative estimate of drug-likeness (QED) is 0.766. The molecule has 2 aromatic rings. The number of hydrogen-bond donors (Lipinski definition) is 0. The largest absolute Gasteiger partial charge is 0.295 e. The summed E-state index contributed by atoms with van der Waals surface area (Å²) in [6.45, 7) is 4.17. The molecule has 0 fully saturated rings. The number of rotatable bonds is 1. The first-order chi connectivity index (χ1) is 6.18. The molecule has 13 heavy (non-hydrogen) atoms. The molecule has 0 atom stereocenters. The average Bonchev–Trinajstić information content (AvgIpc) is 2.60. The Morgan fingerprint density at radius 1 is 1.31 bits per heavy atom. The molecule has 0 aromatic carbocycles. The van der Waals surface area contributed by atoms with Crippen molar-refractivity contribution >= 4 is 27.3 Å². The van der Waals surface area contributed by atoms with E-state index in [4.69, 9.17) is 0 Å². The number of aromatic nitrogens is 2. The second-order valence-corrected chi connectivity index (χ2v) is 5.29. The second-order valence-electron chi connectivity index (χ2n) is 2.90. The molecule has 0 spiro atoms. The zero-order chi connectivity index (χ0) is 9.42. The van der Waals surface area contributed by atoms with Crippen molar-refractivity contribution in [2.45, 2.75) is 13.8 Å². The molecular formula is C9H9BrN2S. The lowest BCUT2D eigenvalue weighted by atomic mass is 10.5. The lowest BCUT2D eigenvalue weighted by Crippen LogP contribution is -1.96. The van der Waals surface area contributed by atoms with Crippen LogP contribution >= 0.6 is 27.3 Å². The van der Waals surface area contributed by atoms with E-state index in [2.05, 4.69) is 51.5 Å². The van der Waals surface area contributed by atoms with Gasteiger partial charge in [-0.2, -0.15) is 0 Å². The van der Waals surface area contributed by atoms with E-state index in [1.165, 1.54) is 11.4 Å². The molecule has 0 aliphatic rings. The second kappa shape index (κ2) is 3.27. The number of aryl methyl sites for hydroxylation is 2. The van der Waals surface area contributed by atoms with Crippen LogP contribution in [-0.4, -0.2) is 9.55 Å². The Morgan fingerprint density at radius 2 is 1.92 bits per heavy atom. The fraction of sp³-hybridized carbons (Fsp3) is 0.222. The van der Waals surface area contributed by atoms with Crippen LogP contribution in [0.4, 0.5) is 0 Å². The van der Waals surface area contributed by atoms with Crippen LogP contribution in [-0.2, 0) is 0 Å². The zero-order valence-electron chi connectivity index (χ0n) is 7.41. The van der Waals surface area contributed by atoms with Gasteiger partial charge < -0.3 is 0 Å². The summed E-state index contributed by atoms with van der Waals surface area (Å²) >= 11 is 5.05. The first-order valence-electron chi connectivity index (χ1n) is 3.95. The van der Waals surface area contributed by atoms with Crippen LogP contribution < -0.4 is 0 Å². The zero-order valence-corrected chi connectivity index (χ0v) is 9.82. The smallest absolute Gasteiger partial charge is 0.195 e. The maximum absolute atomic E-state index is 4.31. The van der Waals surface area contributed by atoms with Crippen LogP contribution in [0.3, 0.4) is 0 Å². The lowest BCUT2D eigenvalue weighted by Gasteiger charge is -2.03. The SMILES string of the molecule is Cc1ccc(C)n1-c1ncc(Br)s1. The van der Waals surface area contributed by atoms with E-state index in [9.17, 15) is 0 Å². The van der Waals surface area contributed by atoms with Crippen molar-refractivity contribution in [1.29, 1.82) is 0 Å². The molecule has 0 aliphatic heterocycles. The highest BCUT2D eigenvalue weighted by atomic mass is 79.9. The van der Waals surface area contributed by atoms with Crippen LogP contribution in [0, 0.1) is 13.8 Å². The van der Waals surface area contributed by atoms with Crippen molar-refractivity contribution in [3.63, 3.8) is 0 Å². The van der Waals surface area contributed by atoms with Gasteiger partial charge >= 0.3 is 0 Å². The molecule has 0 saturated carbocycles. The van der Waals surface area contributed by atoms with E-state index in [1.54, 1.807) is 11.3 Å². The van der Waals surface area contributed by atoms with Gasteiger partial charge in [0.05, 0.1) is 9.98 Å². The molecule has 2 heterocycles. The van der Waals surface area contributed by atoms with Crippen molar-refractivity contribution in [3.8, 4) is 5.13 Å². The molecule has 0 radical (unpaired) electrons. The molecule has 2 nitrogen and oxygen atoms in total. The Kier molecular flexibility index (Phi) is 2.26. The third-order valence-electron chi connectivity index (χ3n) is 1.93. The number of thiazole rings is 1.